The topological polar surface area (TPSA) is 246 Å². The third kappa shape index (κ3) is 11.6. The fourth-order valence-corrected chi connectivity index (χ4v) is 11.8. The number of benzene rings is 2. The number of H-pyrrole nitrogens is 2. The molecule has 21 heteroatoms. The summed E-state index contributed by atoms with van der Waals surface area (Å²) in [6, 6.07) is 12.6. The van der Waals surface area contributed by atoms with E-state index in [0.29, 0.717) is 62.2 Å². The number of ether oxygens (including phenoxy) is 1. The second-order valence-corrected chi connectivity index (χ2v) is 21.0. The molecule has 0 spiro atoms. The van der Waals surface area contributed by atoms with Crippen molar-refractivity contribution >= 4 is 80.8 Å². The van der Waals surface area contributed by atoms with Crippen LogP contribution in [-0.2, 0) is 20.0 Å². The molecule has 2 aromatic carbocycles. The van der Waals surface area contributed by atoms with Crippen molar-refractivity contribution in [3.8, 4) is 5.75 Å². The van der Waals surface area contributed by atoms with Gasteiger partial charge in [-0.2, -0.15) is 0 Å². The third-order valence-electron chi connectivity index (χ3n) is 11.0. The smallest absolute Gasteiger partial charge is 0.265 e. The summed E-state index contributed by atoms with van der Waals surface area (Å²) in [6.45, 7) is 16.0. The number of aliphatic hydroxyl groups is 1. The number of fused-ring (bicyclic) bond motifs is 2. The number of rotatable bonds is 9. The van der Waals surface area contributed by atoms with Gasteiger partial charge in [0.1, 0.15) is 38.8 Å². The number of aromatic amines is 2. The first-order valence-electron chi connectivity index (χ1n) is 21.0. The lowest BCUT2D eigenvalue weighted by molar-refractivity contribution is 0.355. The summed E-state index contributed by atoms with van der Waals surface area (Å²) in [6.07, 6.45) is 5.42. The van der Waals surface area contributed by atoms with Crippen LogP contribution in [0.4, 0.5) is 23.0 Å². The Hall–Kier alpha value is -5.64. The van der Waals surface area contributed by atoms with Crippen LogP contribution in [0.1, 0.15) is 52.2 Å². The van der Waals surface area contributed by atoms with Crippen LogP contribution in [0.2, 0.25) is 0 Å². The number of anilines is 4. The van der Waals surface area contributed by atoms with Crippen LogP contribution in [0.25, 0.3) is 21.8 Å². The molecule has 6 heterocycles. The van der Waals surface area contributed by atoms with Crippen molar-refractivity contribution in [3.05, 3.63) is 97.8 Å². The standard InChI is InChI=1S/C22H27N5O4S.C21H24BrN5O3S.CH4O/c1-13-7-14(2)12-27(11-13)21-6-5-16(10-23-21)26-32(29,30)20-8-17-18(9-19(20)31-4)24-15(3)25-22(17)28;1-12-6-13(2)11-27(10-12)20-5-4-15(9-23-20)26-31(29,30)19-7-16-18(8-17(19)22)24-14(3)25-21(16)28;1-2/h5-6,8-10,13-14,26H,7,11-12H2,1-4H3,(H,24,25,28);4-5,7-9,12-13,26H,6,10-11H2,1-3H3,(H,24,25,28);2H,1H3/t13-,14-;12-,13-;/m11./s1. The molecule has 8 rings (SSSR count). The summed E-state index contributed by atoms with van der Waals surface area (Å²) in [5.74, 6) is 5.00. The molecule has 2 saturated heterocycles. The van der Waals surface area contributed by atoms with Crippen molar-refractivity contribution in [1.82, 2.24) is 29.9 Å². The summed E-state index contributed by atoms with van der Waals surface area (Å²) in [5.41, 5.74) is 0.654. The van der Waals surface area contributed by atoms with Gasteiger partial charge < -0.3 is 29.6 Å². The molecule has 65 heavy (non-hydrogen) atoms. The second-order valence-electron chi connectivity index (χ2n) is 16.8. The zero-order chi connectivity index (χ0) is 47.4. The van der Waals surface area contributed by atoms with Crippen LogP contribution in [0.3, 0.4) is 0 Å². The Labute approximate surface area is 386 Å². The highest BCUT2D eigenvalue weighted by Crippen LogP contribution is 2.32. The molecule has 2 aliphatic rings. The highest BCUT2D eigenvalue weighted by atomic mass is 79.9. The van der Waals surface area contributed by atoms with Gasteiger partial charge in [-0.05, 0) is 109 Å². The van der Waals surface area contributed by atoms with Gasteiger partial charge >= 0.3 is 0 Å². The van der Waals surface area contributed by atoms with E-state index >= 15 is 0 Å². The summed E-state index contributed by atoms with van der Waals surface area (Å²) < 4.78 is 62.9. The van der Waals surface area contributed by atoms with Gasteiger partial charge in [0.25, 0.3) is 31.2 Å². The lowest BCUT2D eigenvalue weighted by Crippen LogP contribution is -2.39. The fourth-order valence-electron chi connectivity index (χ4n) is 8.48. The van der Waals surface area contributed by atoms with Crippen LogP contribution in [0, 0.1) is 37.5 Å². The van der Waals surface area contributed by atoms with Crippen molar-refractivity contribution < 1.29 is 26.7 Å². The minimum Gasteiger partial charge on any atom is -0.495 e. The molecule has 2 aliphatic heterocycles. The van der Waals surface area contributed by atoms with Gasteiger partial charge in [0.05, 0.1) is 52.7 Å². The number of aryl methyl sites for hydroxylation is 2. The van der Waals surface area contributed by atoms with E-state index in [1.54, 1.807) is 26.0 Å². The maximum absolute atomic E-state index is 13.1. The number of halogens is 1. The lowest BCUT2D eigenvalue weighted by atomic mass is 9.92. The minimum absolute atomic E-state index is 0.0427. The lowest BCUT2D eigenvalue weighted by Gasteiger charge is -2.35. The molecular weight excluding hydrogens is 941 g/mol. The number of aliphatic hydroxyl groups excluding tert-OH is 1. The van der Waals surface area contributed by atoms with Gasteiger partial charge in [0.2, 0.25) is 0 Å². The summed E-state index contributed by atoms with van der Waals surface area (Å²) in [5, 5.41) is 7.37. The molecular formula is C44H55BrN10O8S2. The quantitative estimate of drug-likeness (QED) is 0.108. The van der Waals surface area contributed by atoms with Crippen molar-refractivity contribution in [1.29, 1.82) is 0 Å². The van der Waals surface area contributed by atoms with E-state index in [9.17, 15) is 26.4 Å². The van der Waals surface area contributed by atoms with E-state index in [4.69, 9.17) is 9.84 Å². The number of nitrogens with zero attached hydrogens (tertiary/aromatic N) is 6. The molecule has 6 aromatic rings. The van der Waals surface area contributed by atoms with Gasteiger partial charge in [-0.15, -0.1) is 0 Å². The Kier molecular flexibility index (Phi) is 15.2. The molecule has 0 bridgehead atoms. The van der Waals surface area contributed by atoms with Gasteiger partial charge in [-0.3, -0.25) is 19.0 Å². The number of aromatic nitrogens is 6. The number of hydrogen-bond acceptors (Lipinski definition) is 14. The number of hydrogen-bond donors (Lipinski definition) is 5. The van der Waals surface area contributed by atoms with Crippen LogP contribution in [0.5, 0.6) is 5.75 Å². The number of piperidine rings is 2. The SMILES string of the molecule is CO.COc1cc2nc(C)[nH]c(=O)c2cc1S(=O)(=O)Nc1ccc(N2C[C@H](C)C[C@@H](C)C2)nc1.Cc1nc2cc(Br)c(S(=O)(=O)Nc3ccc(N4C[C@H](C)C[C@@H](C)C4)nc3)cc2c(=O)[nH]1. The zero-order valence-electron chi connectivity index (χ0n) is 37.5. The van der Waals surface area contributed by atoms with Crippen molar-refractivity contribution in [2.75, 3.05) is 59.6 Å². The fraction of sp³-hybridized carbons (Fsp3) is 0.409. The Morgan fingerprint density at radius 2 is 1.06 bits per heavy atom. The monoisotopic (exact) mass is 994 g/mol. The molecule has 2 fully saturated rings. The highest BCUT2D eigenvalue weighted by Gasteiger charge is 2.26. The van der Waals surface area contributed by atoms with Crippen LogP contribution in [-0.4, -0.2) is 92.2 Å². The van der Waals surface area contributed by atoms with Crippen LogP contribution >= 0.6 is 15.9 Å². The molecule has 18 nitrogen and oxygen atoms in total. The van der Waals surface area contributed by atoms with E-state index in [2.05, 4.69) is 92.8 Å². The maximum atomic E-state index is 13.1. The molecule has 0 unspecified atom stereocenters. The molecule has 0 saturated carbocycles. The second kappa shape index (κ2) is 20.3. The average molecular weight is 996 g/mol. The zero-order valence-corrected chi connectivity index (χ0v) is 40.7. The van der Waals surface area contributed by atoms with Crippen molar-refractivity contribution in [3.63, 3.8) is 0 Å². The largest absolute Gasteiger partial charge is 0.495 e. The van der Waals surface area contributed by atoms with Crippen molar-refractivity contribution in [2.24, 2.45) is 23.7 Å². The molecule has 0 amide bonds. The first-order chi connectivity index (χ1) is 30.8. The molecule has 5 N–H and O–H groups in total. The van der Waals surface area contributed by atoms with Crippen LogP contribution in [0.15, 0.2) is 84.8 Å². The number of sulfonamides is 2. The summed E-state index contributed by atoms with van der Waals surface area (Å²) in [7, 11) is -5.62. The predicted molar refractivity (Wildman–Crippen MR) is 257 cm³/mol. The molecule has 0 aliphatic carbocycles. The molecule has 4 aromatic heterocycles. The van der Waals surface area contributed by atoms with E-state index in [-0.39, 0.29) is 31.9 Å². The van der Waals surface area contributed by atoms with Gasteiger partial charge in [0, 0.05) is 43.8 Å². The Morgan fingerprint density at radius 3 is 1.46 bits per heavy atom. The normalized spacial score (nSPS) is 18.9. The number of nitrogens with one attached hydrogen (secondary N) is 4. The predicted octanol–water partition coefficient (Wildman–Crippen LogP) is 6.20. The van der Waals surface area contributed by atoms with E-state index in [1.807, 2.05) is 12.1 Å². The van der Waals surface area contributed by atoms with Gasteiger partial charge in [-0.25, -0.2) is 36.8 Å². The van der Waals surface area contributed by atoms with Crippen LogP contribution < -0.4 is 35.1 Å². The van der Waals surface area contributed by atoms with Gasteiger partial charge in [0.15, 0.2) is 0 Å². The molecule has 0 radical (unpaired) electrons. The first kappa shape index (κ1) is 48.8. The highest BCUT2D eigenvalue weighted by molar-refractivity contribution is 9.10. The van der Waals surface area contributed by atoms with Gasteiger partial charge in [-0.1, -0.05) is 27.7 Å². The summed E-state index contributed by atoms with van der Waals surface area (Å²) in [4.78, 5) is 51.4. The van der Waals surface area contributed by atoms with E-state index in [1.165, 1.54) is 56.6 Å². The Bertz CT molecular complexity index is 2990. The van der Waals surface area contributed by atoms with Crippen molar-refractivity contribution in [2.45, 2.75) is 64.2 Å². The number of pyridine rings is 2. The minimum atomic E-state index is -4.04. The van der Waals surface area contributed by atoms with E-state index in [0.717, 1.165) is 44.9 Å². The Morgan fingerprint density at radius 1 is 0.662 bits per heavy atom. The summed E-state index contributed by atoms with van der Waals surface area (Å²) >= 11 is 3.30. The number of methoxy groups -OCH3 is 1. The maximum Gasteiger partial charge on any atom is 0.265 e. The van der Waals surface area contributed by atoms with E-state index < -0.39 is 25.6 Å². The Balaban J connectivity index is 0.000000208. The third-order valence-corrected chi connectivity index (χ3v) is 14.7. The molecule has 4 atom stereocenters. The average Bonchev–Trinajstić information content (AvgIpc) is 3.23. The first-order valence-corrected chi connectivity index (χ1v) is 24.8. The molecule has 348 valence electrons.